The molecule has 0 aliphatic rings. The second kappa shape index (κ2) is 16.7. The summed E-state index contributed by atoms with van der Waals surface area (Å²) in [6.45, 7) is 10.2. The third-order valence-corrected chi connectivity index (χ3v) is 7.31. The third-order valence-electron chi connectivity index (χ3n) is 6.71. The van der Waals surface area contributed by atoms with Gasteiger partial charge >= 0.3 is 0 Å². The van der Waals surface area contributed by atoms with Gasteiger partial charge in [-0.3, -0.25) is 9.52 Å². The number of hydrogen-bond acceptors (Lipinski definition) is 6. The van der Waals surface area contributed by atoms with Crippen LogP contribution in [0.4, 0.5) is 5.69 Å². The number of aryl methyl sites for hydroxylation is 1. The zero-order chi connectivity index (χ0) is 28.3. The summed E-state index contributed by atoms with van der Waals surface area (Å²) in [5.74, 6) is 0.962. The molecule has 3 aromatic rings. The minimum atomic E-state index is -3.61. The van der Waals surface area contributed by atoms with E-state index in [1.807, 2.05) is 12.1 Å². The Labute approximate surface area is 246 Å². The van der Waals surface area contributed by atoms with Gasteiger partial charge in [-0.1, -0.05) is 52.2 Å². The average Bonchev–Trinajstić information content (AvgIpc) is 3.32. The van der Waals surface area contributed by atoms with Gasteiger partial charge in [-0.2, -0.15) is 0 Å². The zero-order valence-electron chi connectivity index (χ0n) is 24.3. The van der Waals surface area contributed by atoms with Crippen molar-refractivity contribution < 1.29 is 22.4 Å². The first kappa shape index (κ1) is 33.7. The highest BCUT2D eigenvalue weighted by Gasteiger charge is 2.24. The Morgan fingerprint density at radius 3 is 2.23 bits per heavy atom. The molecular formula is C31H45ClN2O5S. The molecule has 9 heteroatoms. The van der Waals surface area contributed by atoms with Gasteiger partial charge in [-0.15, -0.1) is 12.4 Å². The van der Waals surface area contributed by atoms with Crippen LogP contribution in [0.1, 0.15) is 87.4 Å². The molecule has 0 saturated carbocycles. The Kier molecular flexibility index (Phi) is 14.0. The van der Waals surface area contributed by atoms with E-state index in [0.717, 1.165) is 57.3 Å². The van der Waals surface area contributed by atoms with E-state index in [-0.39, 0.29) is 29.4 Å². The number of benzene rings is 2. The Morgan fingerprint density at radius 2 is 1.57 bits per heavy atom. The van der Waals surface area contributed by atoms with Crippen molar-refractivity contribution in [1.82, 2.24) is 4.90 Å². The number of para-hydroxylation sites is 1. The summed E-state index contributed by atoms with van der Waals surface area (Å²) >= 11 is 0. The second-order valence-corrected chi connectivity index (χ2v) is 11.9. The van der Waals surface area contributed by atoms with Crippen molar-refractivity contribution in [3.8, 4) is 5.75 Å². The highest BCUT2D eigenvalue weighted by molar-refractivity contribution is 7.92. The fourth-order valence-corrected chi connectivity index (χ4v) is 5.22. The lowest BCUT2D eigenvalue weighted by Crippen LogP contribution is -2.28. The number of rotatable bonds is 18. The van der Waals surface area contributed by atoms with Gasteiger partial charge in [-0.05, 0) is 69.1 Å². The molecule has 0 aliphatic heterocycles. The Morgan fingerprint density at radius 1 is 0.925 bits per heavy atom. The molecule has 1 heterocycles. The molecule has 2 aromatic carbocycles. The summed E-state index contributed by atoms with van der Waals surface area (Å²) in [5.41, 5.74) is 1.45. The molecule has 1 aromatic heterocycles. The molecule has 0 spiro atoms. The molecule has 7 nitrogen and oxygen atoms in total. The van der Waals surface area contributed by atoms with E-state index in [9.17, 15) is 13.2 Å². The molecule has 0 aliphatic carbocycles. The molecule has 0 bridgehead atoms. The van der Waals surface area contributed by atoms with E-state index < -0.39 is 10.0 Å². The maximum Gasteiger partial charge on any atom is 0.229 e. The first-order valence-electron chi connectivity index (χ1n) is 14.3. The van der Waals surface area contributed by atoms with E-state index in [2.05, 4.69) is 30.4 Å². The van der Waals surface area contributed by atoms with Gasteiger partial charge in [0.2, 0.25) is 10.0 Å². The van der Waals surface area contributed by atoms with E-state index >= 15 is 0 Å². The lowest BCUT2D eigenvalue weighted by atomic mass is 9.97. The second-order valence-electron chi connectivity index (χ2n) is 10.2. The molecule has 0 radical (unpaired) electrons. The smallest absolute Gasteiger partial charge is 0.229 e. The number of unbranched alkanes of at least 4 members (excludes halogenated alkanes) is 3. The zero-order valence-corrected chi connectivity index (χ0v) is 26.0. The quantitative estimate of drug-likeness (QED) is 0.122. The molecule has 40 heavy (non-hydrogen) atoms. The average molecular weight is 593 g/mol. The standard InChI is InChI=1S/C31H44N2O5S.ClH/c1-5-8-14-24-23-26-29(38-24)18-17-27(32-39(4,35)36)30(26)31(34)25-15-11-12-16-28(25)37-22-13-21-33(19-9-6-2)20-10-7-3;/h11-12,15-18,23,32H,5-10,13-14,19-22H2,1-4H3;1H. The number of carbonyl (C=O) groups excluding carboxylic acids is 1. The lowest BCUT2D eigenvalue weighted by Gasteiger charge is -2.22. The number of halogens is 1. The largest absolute Gasteiger partial charge is 0.493 e. The molecule has 1 N–H and O–H groups in total. The number of ketones is 1. The number of sulfonamides is 1. The molecule has 3 rings (SSSR count). The van der Waals surface area contributed by atoms with Crippen LogP contribution >= 0.6 is 12.4 Å². The summed E-state index contributed by atoms with van der Waals surface area (Å²) in [6.07, 6.45) is 9.39. The topological polar surface area (TPSA) is 88.9 Å². The van der Waals surface area contributed by atoms with Crippen LogP contribution in [-0.2, 0) is 16.4 Å². The number of nitrogens with zero attached hydrogens (tertiary/aromatic N) is 1. The van der Waals surface area contributed by atoms with Crippen LogP contribution in [0, 0.1) is 0 Å². The summed E-state index contributed by atoms with van der Waals surface area (Å²) in [5, 5.41) is 0.594. The van der Waals surface area contributed by atoms with Crippen LogP contribution in [0.5, 0.6) is 5.75 Å². The highest BCUT2D eigenvalue weighted by atomic mass is 35.5. The van der Waals surface area contributed by atoms with E-state index in [0.29, 0.717) is 28.9 Å². The first-order valence-corrected chi connectivity index (χ1v) is 16.2. The molecule has 222 valence electrons. The van der Waals surface area contributed by atoms with Gasteiger partial charge < -0.3 is 14.1 Å². The Balaban J connectivity index is 0.00000560. The minimum absolute atomic E-state index is 0. The van der Waals surface area contributed by atoms with Gasteiger partial charge in [0.05, 0.1) is 29.7 Å². The summed E-state index contributed by atoms with van der Waals surface area (Å²) < 4.78 is 39.0. The number of nitrogens with one attached hydrogen (secondary N) is 1. The number of furan rings is 1. The van der Waals surface area contributed by atoms with E-state index in [1.54, 1.807) is 30.3 Å². The third kappa shape index (κ3) is 9.82. The Hall–Kier alpha value is -2.55. The SMILES string of the molecule is CCCCc1cc2c(C(=O)c3ccccc3OCCCN(CCCC)CCCC)c(NS(C)(=O)=O)ccc2o1.Cl. The summed E-state index contributed by atoms with van der Waals surface area (Å²) in [7, 11) is -3.61. The molecule has 0 amide bonds. The number of ether oxygens (including phenoxy) is 1. The monoisotopic (exact) mass is 592 g/mol. The molecule has 0 fully saturated rings. The van der Waals surface area contributed by atoms with Crippen molar-refractivity contribution in [3.05, 3.63) is 59.4 Å². The van der Waals surface area contributed by atoms with Gasteiger partial charge in [0.1, 0.15) is 17.1 Å². The van der Waals surface area contributed by atoms with Crippen LogP contribution in [-0.4, -0.2) is 51.6 Å². The van der Waals surface area contributed by atoms with E-state index in [1.165, 1.54) is 25.7 Å². The predicted molar refractivity (Wildman–Crippen MR) is 167 cm³/mol. The normalized spacial score (nSPS) is 11.5. The predicted octanol–water partition coefficient (Wildman–Crippen LogP) is 7.47. The van der Waals surface area contributed by atoms with Crippen LogP contribution in [0.3, 0.4) is 0 Å². The first-order chi connectivity index (χ1) is 18.8. The Bertz CT molecular complexity index is 1310. The molecular weight excluding hydrogens is 548 g/mol. The van der Waals surface area contributed by atoms with Crippen molar-refractivity contribution in [2.75, 3.05) is 37.2 Å². The highest BCUT2D eigenvalue weighted by Crippen LogP contribution is 2.34. The number of anilines is 1. The summed E-state index contributed by atoms with van der Waals surface area (Å²) in [4.78, 5) is 16.5. The van der Waals surface area contributed by atoms with Crippen LogP contribution in [0.2, 0.25) is 0 Å². The lowest BCUT2D eigenvalue weighted by molar-refractivity contribution is 0.103. The van der Waals surface area contributed by atoms with Crippen molar-refractivity contribution in [1.29, 1.82) is 0 Å². The van der Waals surface area contributed by atoms with Crippen molar-refractivity contribution in [2.24, 2.45) is 0 Å². The van der Waals surface area contributed by atoms with Crippen LogP contribution in [0.25, 0.3) is 11.0 Å². The van der Waals surface area contributed by atoms with Crippen LogP contribution in [0.15, 0.2) is 46.9 Å². The number of hydrogen-bond donors (Lipinski definition) is 1. The fraction of sp³-hybridized carbons (Fsp3) is 0.516. The molecule has 0 atom stereocenters. The van der Waals surface area contributed by atoms with Crippen molar-refractivity contribution in [3.63, 3.8) is 0 Å². The number of carbonyl (C=O) groups is 1. The maximum atomic E-state index is 14.0. The fourth-order valence-electron chi connectivity index (χ4n) is 4.65. The van der Waals surface area contributed by atoms with E-state index in [4.69, 9.17) is 9.15 Å². The van der Waals surface area contributed by atoms with Gasteiger partial charge in [-0.25, -0.2) is 8.42 Å². The summed E-state index contributed by atoms with van der Waals surface area (Å²) in [6, 6.07) is 12.3. The van der Waals surface area contributed by atoms with Gasteiger partial charge in [0.25, 0.3) is 0 Å². The number of fused-ring (bicyclic) bond motifs is 1. The van der Waals surface area contributed by atoms with Crippen molar-refractivity contribution in [2.45, 2.75) is 72.1 Å². The van der Waals surface area contributed by atoms with Gasteiger partial charge in [0.15, 0.2) is 5.78 Å². The maximum absolute atomic E-state index is 14.0. The minimum Gasteiger partial charge on any atom is -0.493 e. The van der Waals surface area contributed by atoms with Crippen LogP contribution < -0.4 is 9.46 Å². The molecule has 0 saturated heterocycles. The van der Waals surface area contributed by atoms with Crippen molar-refractivity contribution >= 4 is 44.9 Å². The molecule has 0 unspecified atom stereocenters. The van der Waals surface area contributed by atoms with Gasteiger partial charge in [0, 0.05) is 18.4 Å².